The van der Waals surface area contributed by atoms with Crippen molar-refractivity contribution in [3.8, 4) is 6.07 Å². The Kier molecular flexibility index (Phi) is 5.33. The molecule has 0 aliphatic carbocycles. The van der Waals surface area contributed by atoms with Crippen molar-refractivity contribution >= 4 is 5.82 Å². The fourth-order valence-electron chi connectivity index (χ4n) is 2.46. The highest BCUT2D eigenvalue weighted by Crippen LogP contribution is 2.17. The van der Waals surface area contributed by atoms with E-state index in [-0.39, 0.29) is 0 Å². The van der Waals surface area contributed by atoms with E-state index in [9.17, 15) is 5.26 Å². The normalized spacial score (nSPS) is 15.8. The monoisotopic (exact) mass is 274 g/mol. The molecular formula is C15H22N4O. The number of anilines is 1. The van der Waals surface area contributed by atoms with E-state index in [0.29, 0.717) is 30.6 Å². The van der Waals surface area contributed by atoms with Crippen molar-refractivity contribution in [2.45, 2.75) is 32.8 Å². The predicted molar refractivity (Wildman–Crippen MR) is 78.8 cm³/mol. The van der Waals surface area contributed by atoms with Gasteiger partial charge in [0, 0.05) is 12.2 Å². The third kappa shape index (κ3) is 3.92. The third-order valence-corrected chi connectivity index (χ3v) is 3.49. The van der Waals surface area contributed by atoms with Crippen molar-refractivity contribution in [1.82, 2.24) is 10.3 Å². The second-order valence-electron chi connectivity index (χ2n) is 5.16. The fraction of sp³-hybridized carbons (Fsp3) is 0.600. The number of aryl methyl sites for hydroxylation is 2. The molecule has 20 heavy (non-hydrogen) atoms. The van der Waals surface area contributed by atoms with Gasteiger partial charge in [-0.15, -0.1) is 0 Å². The van der Waals surface area contributed by atoms with E-state index in [1.54, 1.807) is 0 Å². The quantitative estimate of drug-likeness (QED) is 0.801. The van der Waals surface area contributed by atoms with Crippen molar-refractivity contribution in [2.75, 3.05) is 31.6 Å². The van der Waals surface area contributed by atoms with Crippen molar-refractivity contribution in [1.29, 1.82) is 5.26 Å². The molecule has 2 N–H and O–H groups in total. The Bertz CT molecular complexity index is 489. The predicted octanol–water partition coefficient (Wildman–Crippen LogP) is 1.75. The van der Waals surface area contributed by atoms with Crippen molar-refractivity contribution < 1.29 is 4.74 Å². The largest absolute Gasteiger partial charge is 0.376 e. The summed E-state index contributed by atoms with van der Waals surface area (Å²) in [5, 5.41) is 15.7. The molecule has 0 saturated carbocycles. The van der Waals surface area contributed by atoms with Crippen LogP contribution in [0.25, 0.3) is 0 Å². The van der Waals surface area contributed by atoms with Crippen LogP contribution in [0.5, 0.6) is 0 Å². The molecule has 0 atom stereocenters. The maximum atomic E-state index is 9.18. The van der Waals surface area contributed by atoms with Gasteiger partial charge in [0.2, 0.25) is 0 Å². The molecule has 1 aliphatic heterocycles. The van der Waals surface area contributed by atoms with Crippen molar-refractivity contribution in [3.63, 3.8) is 0 Å². The van der Waals surface area contributed by atoms with Gasteiger partial charge in [-0.1, -0.05) is 0 Å². The topological polar surface area (TPSA) is 70.0 Å². The number of piperidine rings is 1. The third-order valence-electron chi connectivity index (χ3n) is 3.49. The lowest BCUT2D eigenvalue weighted by atomic mass is 10.1. The van der Waals surface area contributed by atoms with Gasteiger partial charge in [-0.3, -0.25) is 0 Å². The summed E-state index contributed by atoms with van der Waals surface area (Å²) >= 11 is 0. The summed E-state index contributed by atoms with van der Waals surface area (Å²) in [6, 6.07) is 4.13. The standard InChI is InChI=1S/C15H22N4O/c1-11-9-12(2)19-15(14(11)10-16)18-7-8-20-13-3-5-17-6-4-13/h9,13,17H,3-8H2,1-2H3,(H,18,19). The molecule has 5 nitrogen and oxygen atoms in total. The van der Waals surface area contributed by atoms with Gasteiger partial charge in [-0.2, -0.15) is 5.26 Å². The Morgan fingerprint density at radius 3 is 2.90 bits per heavy atom. The first-order valence-electron chi connectivity index (χ1n) is 7.15. The van der Waals surface area contributed by atoms with E-state index in [4.69, 9.17) is 4.74 Å². The Morgan fingerprint density at radius 1 is 1.45 bits per heavy atom. The lowest BCUT2D eigenvalue weighted by Gasteiger charge is -2.23. The molecule has 0 unspecified atom stereocenters. The van der Waals surface area contributed by atoms with Gasteiger partial charge in [-0.05, 0) is 51.4 Å². The molecule has 0 bridgehead atoms. The zero-order chi connectivity index (χ0) is 14.4. The summed E-state index contributed by atoms with van der Waals surface area (Å²) in [5.41, 5.74) is 2.50. The van der Waals surface area contributed by atoms with Crippen LogP contribution in [0, 0.1) is 25.2 Å². The van der Waals surface area contributed by atoms with Gasteiger partial charge in [-0.25, -0.2) is 4.98 Å². The van der Waals surface area contributed by atoms with Crippen LogP contribution in [0.1, 0.15) is 29.7 Å². The number of hydrogen-bond donors (Lipinski definition) is 2. The maximum absolute atomic E-state index is 9.18. The van der Waals surface area contributed by atoms with E-state index in [2.05, 4.69) is 21.7 Å². The number of hydrogen-bond acceptors (Lipinski definition) is 5. The Balaban J connectivity index is 1.83. The molecule has 1 aromatic heterocycles. The van der Waals surface area contributed by atoms with Gasteiger partial charge in [0.15, 0.2) is 0 Å². The minimum absolute atomic E-state index is 0.362. The number of nitrogens with zero attached hydrogens (tertiary/aromatic N) is 2. The second-order valence-corrected chi connectivity index (χ2v) is 5.16. The maximum Gasteiger partial charge on any atom is 0.144 e. The average Bonchev–Trinajstić information content (AvgIpc) is 2.44. The Hall–Kier alpha value is -1.64. The Morgan fingerprint density at radius 2 is 2.20 bits per heavy atom. The number of aromatic nitrogens is 1. The summed E-state index contributed by atoms with van der Waals surface area (Å²) in [6.07, 6.45) is 2.51. The first-order chi connectivity index (χ1) is 9.70. The van der Waals surface area contributed by atoms with E-state index in [1.165, 1.54) is 0 Å². The lowest BCUT2D eigenvalue weighted by Crippen LogP contribution is -2.33. The SMILES string of the molecule is Cc1cc(C)c(C#N)c(NCCOC2CCNCC2)n1. The molecule has 0 amide bonds. The number of rotatable bonds is 5. The summed E-state index contributed by atoms with van der Waals surface area (Å²) in [5.74, 6) is 0.666. The minimum Gasteiger partial charge on any atom is -0.376 e. The second kappa shape index (κ2) is 7.22. The van der Waals surface area contributed by atoms with Crippen molar-refractivity contribution in [2.24, 2.45) is 0 Å². The summed E-state index contributed by atoms with van der Waals surface area (Å²) in [7, 11) is 0. The first kappa shape index (κ1) is 14.8. The molecule has 0 radical (unpaired) electrons. The zero-order valence-corrected chi connectivity index (χ0v) is 12.2. The van der Waals surface area contributed by atoms with E-state index < -0.39 is 0 Å². The lowest BCUT2D eigenvalue weighted by molar-refractivity contribution is 0.0394. The highest BCUT2D eigenvalue weighted by atomic mass is 16.5. The van der Waals surface area contributed by atoms with Crippen LogP contribution in [0.3, 0.4) is 0 Å². The number of pyridine rings is 1. The van der Waals surface area contributed by atoms with Gasteiger partial charge >= 0.3 is 0 Å². The first-order valence-corrected chi connectivity index (χ1v) is 7.15. The molecule has 108 valence electrons. The van der Waals surface area contributed by atoms with Crippen LogP contribution in [0.2, 0.25) is 0 Å². The van der Waals surface area contributed by atoms with Crippen LogP contribution in [0.15, 0.2) is 6.07 Å². The number of nitrogens with one attached hydrogen (secondary N) is 2. The number of nitriles is 1. The van der Waals surface area contributed by atoms with E-state index in [0.717, 1.165) is 37.2 Å². The fourth-order valence-corrected chi connectivity index (χ4v) is 2.46. The Labute approximate surface area is 120 Å². The summed E-state index contributed by atoms with van der Waals surface area (Å²) < 4.78 is 5.83. The van der Waals surface area contributed by atoms with Crippen LogP contribution >= 0.6 is 0 Å². The molecule has 1 aliphatic rings. The zero-order valence-electron chi connectivity index (χ0n) is 12.2. The molecule has 0 aromatic carbocycles. The molecule has 0 spiro atoms. The van der Waals surface area contributed by atoms with Gasteiger partial charge in [0.1, 0.15) is 11.9 Å². The minimum atomic E-state index is 0.362. The molecule has 2 rings (SSSR count). The molecule has 1 saturated heterocycles. The van der Waals surface area contributed by atoms with Crippen LogP contribution in [0.4, 0.5) is 5.82 Å². The molecular weight excluding hydrogens is 252 g/mol. The van der Waals surface area contributed by atoms with Gasteiger partial charge in [0.25, 0.3) is 0 Å². The highest BCUT2D eigenvalue weighted by Gasteiger charge is 2.13. The number of ether oxygens (including phenoxy) is 1. The molecule has 1 aromatic rings. The van der Waals surface area contributed by atoms with Gasteiger partial charge in [0.05, 0.1) is 18.3 Å². The highest BCUT2D eigenvalue weighted by molar-refractivity contribution is 5.56. The molecule has 5 heteroatoms. The van der Waals surface area contributed by atoms with E-state index >= 15 is 0 Å². The molecule has 1 fully saturated rings. The summed E-state index contributed by atoms with van der Waals surface area (Å²) in [4.78, 5) is 4.39. The van der Waals surface area contributed by atoms with Crippen molar-refractivity contribution in [3.05, 3.63) is 22.9 Å². The van der Waals surface area contributed by atoms with Crippen LogP contribution < -0.4 is 10.6 Å². The van der Waals surface area contributed by atoms with E-state index in [1.807, 2.05) is 19.9 Å². The smallest absolute Gasteiger partial charge is 0.144 e. The average molecular weight is 274 g/mol. The van der Waals surface area contributed by atoms with Crippen LogP contribution in [-0.2, 0) is 4.74 Å². The molecule has 2 heterocycles. The summed E-state index contributed by atoms with van der Waals surface area (Å²) in [6.45, 7) is 7.26. The van der Waals surface area contributed by atoms with Gasteiger partial charge < -0.3 is 15.4 Å². The van der Waals surface area contributed by atoms with Crippen LogP contribution in [-0.4, -0.2) is 37.3 Å².